The van der Waals surface area contributed by atoms with E-state index in [1.54, 1.807) is 0 Å². The molecule has 56 heavy (non-hydrogen) atoms. The zero-order valence-corrected chi connectivity index (χ0v) is 30.5. The Hall–Kier alpha value is -7.49. The fraction of sp³-hybridized carbons (Fsp3) is 0. The molecule has 11 rings (SSSR count). The van der Waals surface area contributed by atoms with Crippen LogP contribution in [0, 0.1) is 0 Å². The molecule has 0 aliphatic heterocycles. The second kappa shape index (κ2) is 13.1. The first-order chi connectivity index (χ1) is 27.8. The maximum Gasteiger partial charge on any atom is 0.138 e. The summed E-state index contributed by atoms with van der Waals surface area (Å²) in [6.45, 7) is 0. The van der Waals surface area contributed by atoms with Crippen LogP contribution in [0.25, 0.3) is 99.8 Å². The van der Waals surface area contributed by atoms with Gasteiger partial charge in [-0.2, -0.15) is 0 Å². The summed E-state index contributed by atoms with van der Waals surface area (Å²) < 4.78 is 4.68. The average Bonchev–Trinajstić information content (AvgIpc) is 3.79. The van der Waals surface area contributed by atoms with Gasteiger partial charge >= 0.3 is 0 Å². The van der Waals surface area contributed by atoms with E-state index in [9.17, 15) is 0 Å². The van der Waals surface area contributed by atoms with Crippen LogP contribution in [0.2, 0.25) is 0 Å². The molecule has 3 heteroatoms. The highest BCUT2D eigenvalue weighted by Crippen LogP contribution is 2.38. The molecule has 0 unspecified atom stereocenters. The molecule has 8 aromatic carbocycles. The summed E-state index contributed by atoms with van der Waals surface area (Å²) in [7, 11) is 0. The maximum atomic E-state index is 5.30. The van der Waals surface area contributed by atoms with Crippen molar-refractivity contribution in [3.8, 4) is 56.1 Å². The Kier molecular flexibility index (Phi) is 7.49. The summed E-state index contributed by atoms with van der Waals surface area (Å²) in [6, 6.07) is 76.2. The number of pyridine rings is 1. The minimum Gasteiger partial charge on any atom is -0.309 e. The number of nitrogens with zero attached hydrogens (tertiary/aromatic N) is 3. The molecule has 0 N–H and O–H groups in total. The van der Waals surface area contributed by atoms with Crippen LogP contribution in [0.1, 0.15) is 0 Å². The van der Waals surface area contributed by atoms with E-state index in [0.717, 1.165) is 33.7 Å². The molecule has 0 saturated heterocycles. The van der Waals surface area contributed by atoms with E-state index in [4.69, 9.17) is 4.98 Å². The molecule has 0 fully saturated rings. The van der Waals surface area contributed by atoms with Gasteiger partial charge in [0.2, 0.25) is 0 Å². The third-order valence-corrected chi connectivity index (χ3v) is 11.1. The maximum absolute atomic E-state index is 5.30. The lowest BCUT2D eigenvalue weighted by Gasteiger charge is -2.13. The monoisotopic (exact) mass is 713 g/mol. The van der Waals surface area contributed by atoms with Gasteiger partial charge in [0, 0.05) is 32.8 Å². The Bertz CT molecular complexity index is 3150. The van der Waals surface area contributed by atoms with Crippen LogP contribution in [0.4, 0.5) is 0 Å². The van der Waals surface area contributed by atoms with Crippen molar-refractivity contribution >= 4 is 43.6 Å². The SMILES string of the molecule is c1ccc(-c2cc(-c3ccccc3)nc(-n3c4ccccc4c4cc(-c5ccc(-c6ccc7c(c6)c6ccccc6n7-c6ccccc6)cc5)ccc43)c2)cc1. The van der Waals surface area contributed by atoms with Crippen molar-refractivity contribution in [3.63, 3.8) is 0 Å². The van der Waals surface area contributed by atoms with Crippen molar-refractivity contribution in [1.82, 2.24) is 14.1 Å². The number of benzene rings is 8. The highest BCUT2D eigenvalue weighted by molar-refractivity contribution is 6.11. The van der Waals surface area contributed by atoms with Gasteiger partial charge in [-0.3, -0.25) is 4.57 Å². The second-order valence-electron chi connectivity index (χ2n) is 14.4. The number of fused-ring (bicyclic) bond motifs is 6. The van der Waals surface area contributed by atoms with Crippen LogP contribution in [-0.4, -0.2) is 14.1 Å². The zero-order valence-electron chi connectivity index (χ0n) is 30.5. The summed E-state index contributed by atoms with van der Waals surface area (Å²) in [5.74, 6) is 0.900. The molecule has 3 aromatic heterocycles. The van der Waals surface area contributed by atoms with Gasteiger partial charge in [-0.15, -0.1) is 0 Å². The van der Waals surface area contributed by atoms with Crippen LogP contribution in [0.5, 0.6) is 0 Å². The largest absolute Gasteiger partial charge is 0.309 e. The summed E-state index contributed by atoms with van der Waals surface area (Å²) in [4.78, 5) is 5.30. The molecular formula is C53H35N3. The molecule has 0 bridgehead atoms. The average molecular weight is 714 g/mol. The smallest absolute Gasteiger partial charge is 0.138 e. The number of aromatic nitrogens is 3. The lowest BCUT2D eigenvalue weighted by molar-refractivity contribution is 1.08. The first-order valence-corrected chi connectivity index (χ1v) is 19.1. The van der Waals surface area contributed by atoms with Crippen LogP contribution in [-0.2, 0) is 0 Å². The van der Waals surface area contributed by atoms with Crippen LogP contribution >= 0.6 is 0 Å². The molecule has 0 atom stereocenters. The predicted octanol–water partition coefficient (Wildman–Crippen LogP) is 13.9. The number of rotatable bonds is 6. The van der Waals surface area contributed by atoms with E-state index >= 15 is 0 Å². The fourth-order valence-electron chi connectivity index (χ4n) is 8.45. The molecule has 0 aliphatic rings. The minimum atomic E-state index is 0.900. The van der Waals surface area contributed by atoms with Gasteiger partial charge < -0.3 is 4.57 Å². The predicted molar refractivity (Wildman–Crippen MR) is 235 cm³/mol. The van der Waals surface area contributed by atoms with Crippen molar-refractivity contribution in [2.45, 2.75) is 0 Å². The summed E-state index contributed by atoms with van der Waals surface area (Å²) in [5.41, 5.74) is 15.0. The lowest BCUT2D eigenvalue weighted by Crippen LogP contribution is -2.00. The van der Waals surface area contributed by atoms with Gasteiger partial charge in [-0.05, 0) is 94.0 Å². The molecule has 0 saturated carbocycles. The highest BCUT2D eigenvalue weighted by atomic mass is 15.1. The molecule has 262 valence electrons. The quantitative estimate of drug-likeness (QED) is 0.168. The van der Waals surface area contributed by atoms with Crippen LogP contribution < -0.4 is 0 Å². The Morgan fingerprint density at radius 2 is 0.696 bits per heavy atom. The standard InChI is InChI=1S/C53H35N3/c1-4-14-36(15-5-1)42-34-48(39-16-6-2-7-17-39)54-53(35-42)56-50-23-13-11-21-45(50)47-33-41(29-31-52(47)56)38-26-24-37(25-27-38)40-28-30-51-46(32-40)44-20-10-12-22-49(44)55(51)43-18-8-3-9-19-43/h1-35H. The Labute approximate surface area is 325 Å². The van der Waals surface area contributed by atoms with Crippen molar-refractivity contribution in [1.29, 1.82) is 0 Å². The van der Waals surface area contributed by atoms with Crippen molar-refractivity contribution < 1.29 is 0 Å². The molecule has 0 amide bonds. The van der Waals surface area contributed by atoms with Crippen molar-refractivity contribution in [2.24, 2.45) is 0 Å². The van der Waals surface area contributed by atoms with E-state index in [-0.39, 0.29) is 0 Å². The van der Waals surface area contributed by atoms with E-state index in [2.05, 4.69) is 221 Å². The van der Waals surface area contributed by atoms with Crippen LogP contribution in [0.3, 0.4) is 0 Å². The number of hydrogen-bond acceptors (Lipinski definition) is 1. The summed E-state index contributed by atoms with van der Waals surface area (Å²) >= 11 is 0. The third kappa shape index (κ3) is 5.32. The molecule has 11 aromatic rings. The number of para-hydroxylation sites is 3. The molecule has 3 heterocycles. The van der Waals surface area contributed by atoms with Crippen molar-refractivity contribution in [2.75, 3.05) is 0 Å². The van der Waals surface area contributed by atoms with E-state index in [1.807, 2.05) is 0 Å². The molecule has 0 radical (unpaired) electrons. The minimum absolute atomic E-state index is 0.900. The van der Waals surface area contributed by atoms with Gasteiger partial charge in [0.1, 0.15) is 5.82 Å². The fourth-order valence-corrected chi connectivity index (χ4v) is 8.45. The highest BCUT2D eigenvalue weighted by Gasteiger charge is 2.17. The Balaban J connectivity index is 1.000. The van der Waals surface area contributed by atoms with Crippen molar-refractivity contribution in [3.05, 3.63) is 212 Å². The van der Waals surface area contributed by atoms with Gasteiger partial charge in [0.25, 0.3) is 0 Å². The molecule has 0 spiro atoms. The first-order valence-electron chi connectivity index (χ1n) is 19.1. The van der Waals surface area contributed by atoms with Gasteiger partial charge in [0.05, 0.1) is 27.8 Å². The Morgan fingerprint density at radius 3 is 1.29 bits per heavy atom. The summed E-state index contributed by atoms with van der Waals surface area (Å²) in [5, 5.41) is 4.93. The summed E-state index contributed by atoms with van der Waals surface area (Å²) in [6.07, 6.45) is 0. The lowest BCUT2D eigenvalue weighted by atomic mass is 9.98. The third-order valence-electron chi connectivity index (χ3n) is 11.1. The van der Waals surface area contributed by atoms with Gasteiger partial charge in [0.15, 0.2) is 0 Å². The second-order valence-corrected chi connectivity index (χ2v) is 14.4. The Morgan fingerprint density at radius 1 is 0.268 bits per heavy atom. The first kappa shape index (κ1) is 32.0. The zero-order chi connectivity index (χ0) is 37.0. The van der Waals surface area contributed by atoms with E-state index in [1.165, 1.54) is 66.1 Å². The topological polar surface area (TPSA) is 22.8 Å². The number of hydrogen-bond donors (Lipinski definition) is 0. The normalized spacial score (nSPS) is 11.6. The molecular weight excluding hydrogens is 679 g/mol. The van der Waals surface area contributed by atoms with Gasteiger partial charge in [-0.25, -0.2) is 4.98 Å². The van der Waals surface area contributed by atoms with Crippen LogP contribution in [0.15, 0.2) is 212 Å². The molecule has 0 aliphatic carbocycles. The van der Waals surface area contributed by atoms with E-state index < -0.39 is 0 Å². The van der Waals surface area contributed by atoms with E-state index in [0.29, 0.717) is 0 Å². The molecule has 3 nitrogen and oxygen atoms in total. The van der Waals surface area contributed by atoms with Gasteiger partial charge in [-0.1, -0.05) is 152 Å².